The third-order valence-corrected chi connectivity index (χ3v) is 5.06. The van der Waals surface area contributed by atoms with Crippen LogP contribution in [0.4, 0.5) is 0 Å². The minimum atomic E-state index is 0.697. The standard InChI is InChI=1S/C21H38/c1-4-6-8-10-12-14-16-21-19(3)17-18-20(21)15-13-11-9-7-5-2/h14,16,20-21H,3-13,15,17-18H2,1-2H3/b16-14+. The van der Waals surface area contributed by atoms with E-state index in [9.17, 15) is 0 Å². The molecule has 0 nitrogen and oxygen atoms in total. The van der Waals surface area contributed by atoms with Crippen LogP contribution in [0.1, 0.15) is 97.3 Å². The molecule has 21 heavy (non-hydrogen) atoms. The van der Waals surface area contributed by atoms with Crippen LogP contribution in [0.2, 0.25) is 0 Å². The molecular formula is C21H38. The van der Waals surface area contributed by atoms with Gasteiger partial charge < -0.3 is 0 Å². The molecule has 0 aromatic rings. The van der Waals surface area contributed by atoms with Gasteiger partial charge in [-0.15, -0.1) is 0 Å². The molecule has 1 rings (SSSR count). The predicted octanol–water partition coefficient (Wildman–Crippen LogP) is 7.46. The highest BCUT2D eigenvalue weighted by atomic mass is 14.3. The molecule has 1 fully saturated rings. The summed E-state index contributed by atoms with van der Waals surface area (Å²) < 4.78 is 0. The average Bonchev–Trinajstić information content (AvgIpc) is 2.83. The topological polar surface area (TPSA) is 0 Å². The van der Waals surface area contributed by atoms with Crippen molar-refractivity contribution in [2.45, 2.75) is 97.3 Å². The Bertz CT molecular complexity index is 286. The molecule has 0 spiro atoms. The van der Waals surface area contributed by atoms with E-state index in [1.54, 1.807) is 0 Å². The first kappa shape index (κ1) is 18.5. The first-order valence-corrected chi connectivity index (χ1v) is 9.63. The molecule has 0 heterocycles. The van der Waals surface area contributed by atoms with Gasteiger partial charge in [-0.25, -0.2) is 0 Å². The lowest BCUT2D eigenvalue weighted by atomic mass is 9.88. The van der Waals surface area contributed by atoms with Gasteiger partial charge in [0.25, 0.3) is 0 Å². The van der Waals surface area contributed by atoms with Gasteiger partial charge in [0.05, 0.1) is 0 Å². The second kappa shape index (κ2) is 12.1. The molecule has 0 aliphatic heterocycles. The summed E-state index contributed by atoms with van der Waals surface area (Å²) in [6.07, 6.45) is 22.8. The molecule has 122 valence electrons. The predicted molar refractivity (Wildman–Crippen MR) is 96.6 cm³/mol. The average molecular weight is 291 g/mol. The van der Waals surface area contributed by atoms with E-state index < -0.39 is 0 Å². The third kappa shape index (κ3) is 7.88. The van der Waals surface area contributed by atoms with Crippen LogP contribution in [-0.4, -0.2) is 0 Å². The van der Waals surface area contributed by atoms with E-state index in [-0.39, 0.29) is 0 Å². The van der Waals surface area contributed by atoms with Crippen molar-refractivity contribution in [1.82, 2.24) is 0 Å². The van der Waals surface area contributed by atoms with Gasteiger partial charge in [0.15, 0.2) is 0 Å². The lowest BCUT2D eigenvalue weighted by molar-refractivity contribution is 0.418. The smallest absolute Gasteiger partial charge is 0.000243 e. The Kier molecular flexibility index (Phi) is 10.6. The van der Waals surface area contributed by atoms with Gasteiger partial charge >= 0.3 is 0 Å². The molecule has 0 bridgehead atoms. The Hall–Kier alpha value is -0.520. The molecule has 0 heteroatoms. The highest BCUT2D eigenvalue weighted by Crippen LogP contribution is 2.39. The fourth-order valence-corrected chi connectivity index (χ4v) is 3.61. The monoisotopic (exact) mass is 290 g/mol. The second-order valence-corrected chi connectivity index (χ2v) is 6.96. The van der Waals surface area contributed by atoms with E-state index in [0.717, 1.165) is 5.92 Å². The van der Waals surface area contributed by atoms with Gasteiger partial charge in [0.1, 0.15) is 0 Å². The van der Waals surface area contributed by atoms with Gasteiger partial charge in [0.2, 0.25) is 0 Å². The van der Waals surface area contributed by atoms with Gasteiger partial charge in [0, 0.05) is 5.92 Å². The molecule has 1 aliphatic rings. The van der Waals surface area contributed by atoms with E-state index in [2.05, 4.69) is 32.6 Å². The minimum absolute atomic E-state index is 0.697. The molecule has 0 radical (unpaired) electrons. The molecule has 1 saturated carbocycles. The maximum atomic E-state index is 4.32. The maximum Gasteiger partial charge on any atom is 0.000243 e. The third-order valence-electron chi connectivity index (χ3n) is 5.06. The van der Waals surface area contributed by atoms with E-state index in [0.29, 0.717) is 5.92 Å². The zero-order valence-corrected chi connectivity index (χ0v) is 14.7. The van der Waals surface area contributed by atoms with Crippen molar-refractivity contribution in [2.24, 2.45) is 11.8 Å². The fraction of sp³-hybridized carbons (Fsp3) is 0.810. The van der Waals surface area contributed by atoms with Gasteiger partial charge in [-0.05, 0) is 38.0 Å². The maximum absolute atomic E-state index is 4.32. The lowest BCUT2D eigenvalue weighted by Crippen LogP contribution is -2.06. The normalized spacial score (nSPS) is 22.5. The molecule has 0 aromatic heterocycles. The molecule has 0 N–H and O–H groups in total. The Balaban J connectivity index is 2.22. The van der Waals surface area contributed by atoms with Crippen LogP contribution < -0.4 is 0 Å². The number of hydrogen-bond acceptors (Lipinski definition) is 0. The molecule has 0 saturated heterocycles. The summed E-state index contributed by atoms with van der Waals surface area (Å²) in [5.74, 6) is 1.59. The Labute approximate surface area is 134 Å². The summed E-state index contributed by atoms with van der Waals surface area (Å²) in [5, 5.41) is 0. The van der Waals surface area contributed by atoms with E-state index in [4.69, 9.17) is 0 Å². The van der Waals surface area contributed by atoms with Crippen LogP contribution in [0, 0.1) is 11.8 Å². The summed E-state index contributed by atoms with van der Waals surface area (Å²) in [4.78, 5) is 0. The number of unbranched alkanes of at least 4 members (excludes halogenated alkanes) is 8. The zero-order valence-electron chi connectivity index (χ0n) is 14.7. The number of hydrogen-bond donors (Lipinski definition) is 0. The van der Waals surface area contributed by atoms with E-state index >= 15 is 0 Å². The molecule has 2 unspecified atom stereocenters. The summed E-state index contributed by atoms with van der Waals surface area (Å²) in [5.41, 5.74) is 1.50. The summed E-state index contributed by atoms with van der Waals surface area (Å²) in [7, 11) is 0. The first-order chi connectivity index (χ1) is 10.3. The highest BCUT2D eigenvalue weighted by molar-refractivity contribution is 5.16. The zero-order chi connectivity index (χ0) is 15.3. The van der Waals surface area contributed by atoms with Crippen molar-refractivity contribution in [3.8, 4) is 0 Å². The summed E-state index contributed by atoms with van der Waals surface area (Å²) >= 11 is 0. The number of allylic oxidation sites excluding steroid dienone is 3. The first-order valence-electron chi connectivity index (χ1n) is 9.63. The Morgan fingerprint density at radius 3 is 2.33 bits per heavy atom. The molecule has 1 aliphatic carbocycles. The Morgan fingerprint density at radius 2 is 1.62 bits per heavy atom. The van der Waals surface area contributed by atoms with Crippen molar-refractivity contribution in [3.05, 3.63) is 24.3 Å². The largest absolute Gasteiger partial charge is 0.0993 e. The molecule has 0 amide bonds. The lowest BCUT2D eigenvalue weighted by Gasteiger charge is -2.17. The van der Waals surface area contributed by atoms with Crippen LogP contribution in [0.5, 0.6) is 0 Å². The summed E-state index contributed by atoms with van der Waals surface area (Å²) in [6.45, 7) is 8.90. The van der Waals surface area contributed by atoms with Crippen LogP contribution in [-0.2, 0) is 0 Å². The second-order valence-electron chi connectivity index (χ2n) is 6.96. The minimum Gasteiger partial charge on any atom is -0.0993 e. The van der Waals surface area contributed by atoms with Gasteiger partial charge in [-0.1, -0.05) is 89.5 Å². The van der Waals surface area contributed by atoms with Crippen LogP contribution >= 0.6 is 0 Å². The van der Waals surface area contributed by atoms with Crippen molar-refractivity contribution >= 4 is 0 Å². The van der Waals surface area contributed by atoms with Crippen LogP contribution in [0.3, 0.4) is 0 Å². The van der Waals surface area contributed by atoms with Gasteiger partial charge in [-0.3, -0.25) is 0 Å². The quantitative estimate of drug-likeness (QED) is 0.258. The van der Waals surface area contributed by atoms with Crippen molar-refractivity contribution in [2.75, 3.05) is 0 Å². The van der Waals surface area contributed by atoms with Gasteiger partial charge in [-0.2, -0.15) is 0 Å². The molecule has 0 aromatic carbocycles. The summed E-state index contributed by atoms with van der Waals surface area (Å²) in [6, 6.07) is 0. The number of rotatable bonds is 12. The van der Waals surface area contributed by atoms with Crippen LogP contribution in [0.25, 0.3) is 0 Å². The van der Waals surface area contributed by atoms with Crippen molar-refractivity contribution < 1.29 is 0 Å². The molecular weight excluding hydrogens is 252 g/mol. The van der Waals surface area contributed by atoms with Crippen LogP contribution in [0.15, 0.2) is 24.3 Å². The SMILES string of the molecule is C=C1CCC(CCCCCCC)C1/C=C/CCCCCC. The van der Waals surface area contributed by atoms with Crippen molar-refractivity contribution in [1.29, 1.82) is 0 Å². The fourth-order valence-electron chi connectivity index (χ4n) is 3.61. The van der Waals surface area contributed by atoms with E-state index in [1.165, 1.54) is 89.0 Å². The highest BCUT2D eigenvalue weighted by Gasteiger charge is 2.27. The Morgan fingerprint density at radius 1 is 0.952 bits per heavy atom. The van der Waals surface area contributed by atoms with E-state index in [1.807, 2.05) is 0 Å². The van der Waals surface area contributed by atoms with Crippen molar-refractivity contribution in [3.63, 3.8) is 0 Å². The molecule has 2 atom stereocenters.